The predicted molar refractivity (Wildman–Crippen MR) is 137 cm³/mol. The molecule has 2 aromatic rings. The fourth-order valence-corrected chi connectivity index (χ4v) is 6.22. The number of hydrogen-bond donors (Lipinski definition) is 3. The van der Waals surface area contributed by atoms with Crippen LogP contribution in [0.4, 0.5) is 0 Å². The lowest BCUT2D eigenvalue weighted by molar-refractivity contribution is -0.156. The molecule has 2 unspecified atom stereocenters. The van der Waals surface area contributed by atoms with Crippen molar-refractivity contribution in [2.24, 2.45) is 22.4 Å². The first-order valence-electron chi connectivity index (χ1n) is 11.9. The van der Waals surface area contributed by atoms with Crippen LogP contribution in [0.3, 0.4) is 0 Å². The summed E-state index contributed by atoms with van der Waals surface area (Å²) in [6.45, 7) is 8.27. The molecule has 2 aliphatic rings. The highest BCUT2D eigenvalue weighted by molar-refractivity contribution is 7.89. The topological polar surface area (TPSA) is 130 Å². The van der Waals surface area contributed by atoms with E-state index in [9.17, 15) is 23.1 Å². The molecule has 1 heterocycles. The molecule has 8 nitrogen and oxygen atoms in total. The second kappa shape index (κ2) is 8.83. The minimum atomic E-state index is -3.98. The maximum absolute atomic E-state index is 13.9. The number of carbonyl (C=O) groups is 2. The maximum atomic E-state index is 13.9. The van der Waals surface area contributed by atoms with Crippen molar-refractivity contribution < 1.29 is 23.1 Å². The summed E-state index contributed by atoms with van der Waals surface area (Å²) in [6, 6.07) is 12.5. The van der Waals surface area contributed by atoms with Crippen molar-refractivity contribution in [2.45, 2.75) is 50.2 Å². The van der Waals surface area contributed by atoms with Gasteiger partial charge in [0, 0.05) is 29.1 Å². The van der Waals surface area contributed by atoms with Gasteiger partial charge in [0.05, 0.1) is 10.5 Å². The zero-order valence-corrected chi connectivity index (χ0v) is 22.4. The number of benzene rings is 2. The molecular weight excluding hydrogens is 502 g/mol. The van der Waals surface area contributed by atoms with Crippen molar-refractivity contribution in [1.29, 1.82) is 0 Å². The van der Waals surface area contributed by atoms with Crippen LogP contribution in [0.25, 0.3) is 0 Å². The second-order valence-corrected chi connectivity index (χ2v) is 12.7. The molecule has 2 fully saturated rings. The Labute approximate surface area is 216 Å². The molecule has 194 valence electrons. The van der Waals surface area contributed by atoms with Gasteiger partial charge < -0.3 is 15.3 Å². The van der Waals surface area contributed by atoms with Gasteiger partial charge in [-0.1, -0.05) is 57.5 Å². The Bertz CT molecular complexity index is 1300. The lowest BCUT2D eigenvalue weighted by Crippen LogP contribution is -2.61. The van der Waals surface area contributed by atoms with Crippen LogP contribution < -0.4 is 10.5 Å². The molecule has 10 heteroatoms. The highest BCUT2D eigenvalue weighted by Crippen LogP contribution is 2.53. The van der Waals surface area contributed by atoms with Crippen LogP contribution in [-0.2, 0) is 20.4 Å². The number of piperidine rings is 1. The quantitative estimate of drug-likeness (QED) is 0.544. The molecule has 4 rings (SSSR count). The molecule has 36 heavy (non-hydrogen) atoms. The van der Waals surface area contributed by atoms with Gasteiger partial charge in [-0.15, -0.1) is 0 Å². The Balaban J connectivity index is 1.57. The third kappa shape index (κ3) is 4.32. The summed E-state index contributed by atoms with van der Waals surface area (Å²) in [6.07, 6.45) is 0.330. The largest absolute Gasteiger partial charge is 0.384 e. The molecule has 1 aliphatic heterocycles. The highest BCUT2D eigenvalue weighted by Gasteiger charge is 2.67. The van der Waals surface area contributed by atoms with E-state index in [2.05, 4.69) is 5.32 Å². The smallest absolute Gasteiger partial charge is 0.252 e. The number of nitrogens with zero attached hydrogens (tertiary/aromatic N) is 1. The standard InChI is InChI=1S/C26H32ClN3O5S/c1-16-17(2)26(16,29-22(31)18-6-5-7-21(14-18)36(28,34)35)23(32)30-13-12-25(33,24(3,4)15-30)19-8-10-20(27)11-9-19/h5-11,14,16-17,33H,12-13,15H2,1-4H3,(H,29,31)(H2,28,34,35)/t16?,17?,25-,26?/m0/s1. The third-order valence-electron chi connectivity index (χ3n) is 8.23. The minimum Gasteiger partial charge on any atom is -0.384 e. The van der Waals surface area contributed by atoms with Gasteiger partial charge in [0.1, 0.15) is 5.54 Å². The van der Waals surface area contributed by atoms with Gasteiger partial charge in [-0.25, -0.2) is 13.6 Å². The number of carbonyl (C=O) groups excluding carboxylic acids is 2. The molecular formula is C26H32ClN3O5S. The van der Waals surface area contributed by atoms with Crippen molar-refractivity contribution >= 4 is 33.4 Å². The van der Waals surface area contributed by atoms with E-state index in [1.807, 2.05) is 39.8 Å². The number of primary sulfonamides is 1. The monoisotopic (exact) mass is 533 g/mol. The first kappa shape index (κ1) is 26.6. The maximum Gasteiger partial charge on any atom is 0.252 e. The summed E-state index contributed by atoms with van der Waals surface area (Å²) in [5.41, 5.74) is -2.09. The zero-order chi connectivity index (χ0) is 26.7. The van der Waals surface area contributed by atoms with E-state index in [-0.39, 0.29) is 28.2 Å². The van der Waals surface area contributed by atoms with Crippen LogP contribution >= 0.6 is 11.6 Å². The van der Waals surface area contributed by atoms with Gasteiger partial charge in [-0.2, -0.15) is 0 Å². The minimum absolute atomic E-state index is 0.107. The number of halogens is 1. The number of likely N-dealkylation sites (tertiary alicyclic amines) is 1. The van der Waals surface area contributed by atoms with Gasteiger partial charge in [-0.3, -0.25) is 9.59 Å². The van der Waals surface area contributed by atoms with Crippen molar-refractivity contribution in [1.82, 2.24) is 10.2 Å². The first-order valence-corrected chi connectivity index (χ1v) is 13.8. The summed E-state index contributed by atoms with van der Waals surface area (Å²) in [7, 11) is -3.98. The Morgan fingerprint density at radius 2 is 1.72 bits per heavy atom. The van der Waals surface area contributed by atoms with E-state index < -0.39 is 32.5 Å². The van der Waals surface area contributed by atoms with E-state index in [0.29, 0.717) is 24.5 Å². The summed E-state index contributed by atoms with van der Waals surface area (Å²) < 4.78 is 23.4. The van der Waals surface area contributed by atoms with Crippen LogP contribution in [0.5, 0.6) is 0 Å². The normalized spacial score (nSPS) is 29.5. The van der Waals surface area contributed by atoms with Crippen LogP contribution in [0.1, 0.15) is 50.0 Å². The molecule has 0 spiro atoms. The van der Waals surface area contributed by atoms with Gasteiger partial charge in [0.25, 0.3) is 5.91 Å². The van der Waals surface area contributed by atoms with Crippen LogP contribution in [-0.4, -0.2) is 48.9 Å². The van der Waals surface area contributed by atoms with E-state index in [0.717, 1.165) is 5.56 Å². The molecule has 0 aromatic heterocycles. The molecule has 4 N–H and O–H groups in total. The molecule has 3 atom stereocenters. The van der Waals surface area contributed by atoms with E-state index >= 15 is 0 Å². The van der Waals surface area contributed by atoms with E-state index in [1.54, 1.807) is 17.0 Å². The van der Waals surface area contributed by atoms with Crippen LogP contribution in [0.2, 0.25) is 5.02 Å². The van der Waals surface area contributed by atoms with Gasteiger partial charge in [0.15, 0.2) is 0 Å². The van der Waals surface area contributed by atoms with Crippen LogP contribution in [0.15, 0.2) is 53.4 Å². The third-order valence-corrected chi connectivity index (χ3v) is 9.40. The Kier molecular flexibility index (Phi) is 6.53. The number of amides is 2. The zero-order valence-electron chi connectivity index (χ0n) is 20.8. The summed E-state index contributed by atoms with van der Waals surface area (Å²) in [5.74, 6) is -0.977. The summed E-state index contributed by atoms with van der Waals surface area (Å²) in [4.78, 5) is 28.5. The second-order valence-electron chi connectivity index (χ2n) is 10.7. The molecule has 1 aliphatic carbocycles. The number of aliphatic hydroxyl groups is 1. The van der Waals surface area contributed by atoms with Crippen molar-refractivity contribution in [3.05, 3.63) is 64.7 Å². The highest BCUT2D eigenvalue weighted by atomic mass is 35.5. The van der Waals surface area contributed by atoms with Crippen molar-refractivity contribution in [2.75, 3.05) is 13.1 Å². The molecule has 1 saturated heterocycles. The average molecular weight is 534 g/mol. The molecule has 0 radical (unpaired) electrons. The number of sulfonamides is 1. The lowest BCUT2D eigenvalue weighted by atomic mass is 9.66. The number of rotatable bonds is 5. The summed E-state index contributed by atoms with van der Waals surface area (Å²) in [5, 5.41) is 20.3. The van der Waals surface area contributed by atoms with E-state index in [1.165, 1.54) is 24.3 Å². The van der Waals surface area contributed by atoms with Gasteiger partial charge in [-0.05, 0) is 54.2 Å². The number of hydrogen-bond acceptors (Lipinski definition) is 5. The first-order chi connectivity index (χ1) is 16.6. The molecule has 0 bridgehead atoms. The predicted octanol–water partition coefficient (Wildman–Crippen LogP) is 2.89. The fraction of sp³-hybridized carbons (Fsp3) is 0.462. The van der Waals surface area contributed by atoms with Crippen molar-refractivity contribution in [3.63, 3.8) is 0 Å². The molecule has 2 amide bonds. The van der Waals surface area contributed by atoms with Crippen LogP contribution in [0, 0.1) is 17.3 Å². The van der Waals surface area contributed by atoms with E-state index in [4.69, 9.17) is 16.7 Å². The Morgan fingerprint density at radius 3 is 2.25 bits per heavy atom. The lowest BCUT2D eigenvalue weighted by Gasteiger charge is -2.51. The van der Waals surface area contributed by atoms with Crippen molar-refractivity contribution in [3.8, 4) is 0 Å². The molecule has 1 saturated carbocycles. The fourth-order valence-electron chi connectivity index (χ4n) is 5.54. The summed E-state index contributed by atoms with van der Waals surface area (Å²) >= 11 is 6.03. The van der Waals surface area contributed by atoms with Gasteiger partial charge >= 0.3 is 0 Å². The number of nitrogens with two attached hydrogens (primary N) is 1. The SMILES string of the molecule is CC1C(C)C1(NC(=O)c1cccc(S(N)(=O)=O)c1)C(=O)N1CC[C@](O)(c2ccc(Cl)cc2)C(C)(C)C1. The van der Waals surface area contributed by atoms with Gasteiger partial charge in [0.2, 0.25) is 15.9 Å². The Morgan fingerprint density at radius 1 is 1.11 bits per heavy atom. The Hall–Kier alpha value is -2.46. The molecule has 2 aromatic carbocycles. The number of nitrogens with one attached hydrogen (secondary N) is 1. The average Bonchev–Trinajstić information content (AvgIpc) is 3.34.